The van der Waals surface area contributed by atoms with E-state index in [4.69, 9.17) is 5.11 Å². The molecule has 0 spiro atoms. The van der Waals surface area contributed by atoms with E-state index in [-0.39, 0.29) is 0 Å². The largest absolute Gasteiger partial charge is 0.465 e. The van der Waals surface area contributed by atoms with Gasteiger partial charge in [-0.3, -0.25) is 0 Å². The van der Waals surface area contributed by atoms with Gasteiger partial charge in [0.05, 0.1) is 0 Å². The van der Waals surface area contributed by atoms with Crippen LogP contribution < -0.4 is 5.32 Å². The molecule has 0 heterocycles. The van der Waals surface area contributed by atoms with Crippen molar-refractivity contribution in [2.75, 3.05) is 0 Å². The summed E-state index contributed by atoms with van der Waals surface area (Å²) >= 11 is 2.92. The van der Waals surface area contributed by atoms with Crippen molar-refractivity contribution in [1.82, 2.24) is 5.32 Å². The Morgan fingerprint density at radius 2 is 2.30 bits per heavy atom. The van der Waals surface area contributed by atoms with Gasteiger partial charge in [-0.05, 0) is 17.7 Å². The second kappa shape index (κ2) is 2.51. The second-order valence-electron chi connectivity index (χ2n) is 2.23. The lowest BCUT2D eigenvalue weighted by Gasteiger charge is -2.04. The number of nitrogens with one attached hydrogen (secondary N) is 1. The molecule has 0 saturated heterocycles. The maximum absolute atomic E-state index is 10.1. The standard InChI is InChI=1S/C6H6BrNO2/c7-4-3-6(1-2-6)8-5(9)10/h8H,1-2H2,(H,9,10). The number of carboxylic acid groups (broad SMARTS) is 1. The first-order chi connectivity index (χ1) is 4.68. The van der Waals surface area contributed by atoms with Gasteiger partial charge in [-0.15, -0.1) is 0 Å². The van der Waals surface area contributed by atoms with E-state index in [9.17, 15) is 4.79 Å². The average molecular weight is 204 g/mol. The van der Waals surface area contributed by atoms with Crippen LogP contribution in [0.5, 0.6) is 0 Å². The van der Waals surface area contributed by atoms with Crippen molar-refractivity contribution < 1.29 is 9.90 Å². The molecule has 1 amide bonds. The van der Waals surface area contributed by atoms with Gasteiger partial charge in [0.25, 0.3) is 0 Å². The van der Waals surface area contributed by atoms with Crippen LogP contribution in [0.25, 0.3) is 0 Å². The third kappa shape index (κ3) is 1.64. The quantitative estimate of drug-likeness (QED) is 0.629. The van der Waals surface area contributed by atoms with Crippen LogP contribution in [0.2, 0.25) is 0 Å². The summed E-state index contributed by atoms with van der Waals surface area (Å²) in [5, 5.41) is 10.7. The van der Waals surface area contributed by atoms with Gasteiger partial charge >= 0.3 is 6.09 Å². The topological polar surface area (TPSA) is 49.3 Å². The van der Waals surface area contributed by atoms with Gasteiger partial charge < -0.3 is 10.4 Å². The van der Waals surface area contributed by atoms with Gasteiger partial charge in [0, 0.05) is 15.9 Å². The second-order valence-corrected chi connectivity index (χ2v) is 2.63. The van der Waals surface area contributed by atoms with Crippen molar-refractivity contribution in [3.63, 3.8) is 0 Å². The predicted octanol–water partition coefficient (Wildman–Crippen LogP) is 1.14. The first-order valence-corrected chi connectivity index (χ1v) is 3.62. The Labute approximate surface area is 66.9 Å². The molecule has 1 aliphatic carbocycles. The van der Waals surface area contributed by atoms with E-state index >= 15 is 0 Å². The van der Waals surface area contributed by atoms with E-state index in [0.717, 1.165) is 12.8 Å². The lowest BCUT2D eigenvalue weighted by atomic mass is 10.3. The summed E-state index contributed by atoms with van der Waals surface area (Å²) in [4.78, 5) is 12.6. The summed E-state index contributed by atoms with van der Waals surface area (Å²) in [5.74, 6) is 2.74. The monoisotopic (exact) mass is 203 g/mol. The van der Waals surface area contributed by atoms with E-state index < -0.39 is 11.6 Å². The molecule has 0 aliphatic heterocycles. The van der Waals surface area contributed by atoms with Crippen LogP contribution in [-0.4, -0.2) is 16.7 Å². The minimum atomic E-state index is -1.01. The molecule has 2 N–H and O–H groups in total. The summed E-state index contributed by atoms with van der Waals surface area (Å²) < 4.78 is 0. The Morgan fingerprint density at radius 3 is 2.60 bits per heavy atom. The zero-order valence-corrected chi connectivity index (χ0v) is 6.73. The van der Waals surface area contributed by atoms with Crippen molar-refractivity contribution in [2.24, 2.45) is 0 Å². The molecular formula is C6H6BrNO2. The van der Waals surface area contributed by atoms with E-state index in [1.807, 2.05) is 0 Å². The minimum Gasteiger partial charge on any atom is -0.465 e. The molecule has 1 fully saturated rings. The lowest BCUT2D eigenvalue weighted by Crippen LogP contribution is -2.34. The van der Waals surface area contributed by atoms with Crippen LogP contribution in [-0.2, 0) is 0 Å². The van der Waals surface area contributed by atoms with Crippen LogP contribution in [0, 0.1) is 10.8 Å². The van der Waals surface area contributed by atoms with Crippen LogP contribution in [0.3, 0.4) is 0 Å². The van der Waals surface area contributed by atoms with Crippen LogP contribution in [0.4, 0.5) is 4.79 Å². The van der Waals surface area contributed by atoms with Crippen molar-refractivity contribution >= 4 is 22.0 Å². The number of amides is 1. The third-order valence-electron chi connectivity index (χ3n) is 1.38. The third-order valence-corrected chi connectivity index (χ3v) is 1.58. The molecule has 0 bridgehead atoms. The zero-order valence-electron chi connectivity index (χ0n) is 5.15. The van der Waals surface area contributed by atoms with E-state index in [2.05, 4.69) is 32.0 Å². The fourth-order valence-corrected chi connectivity index (χ4v) is 1.08. The van der Waals surface area contributed by atoms with E-state index in [1.54, 1.807) is 0 Å². The number of carbonyl (C=O) groups is 1. The molecular weight excluding hydrogens is 198 g/mol. The molecule has 0 atom stereocenters. The number of rotatable bonds is 1. The smallest absolute Gasteiger partial charge is 0.405 e. The maximum Gasteiger partial charge on any atom is 0.405 e. The molecule has 0 radical (unpaired) electrons. The van der Waals surface area contributed by atoms with Gasteiger partial charge in [0.1, 0.15) is 5.54 Å². The van der Waals surface area contributed by atoms with Crippen LogP contribution >= 0.6 is 15.9 Å². The fraction of sp³-hybridized carbons (Fsp3) is 0.500. The molecule has 3 nitrogen and oxygen atoms in total. The Bertz CT molecular complexity index is 212. The predicted molar refractivity (Wildman–Crippen MR) is 39.8 cm³/mol. The Kier molecular flexibility index (Phi) is 1.86. The minimum absolute atomic E-state index is 0.435. The van der Waals surface area contributed by atoms with Gasteiger partial charge in [-0.1, -0.05) is 5.92 Å². The molecule has 0 aromatic heterocycles. The number of halogens is 1. The molecule has 1 rings (SSSR count). The summed E-state index contributed by atoms with van der Waals surface area (Å²) in [7, 11) is 0. The highest BCUT2D eigenvalue weighted by Gasteiger charge is 2.42. The van der Waals surface area contributed by atoms with E-state index in [0.29, 0.717) is 0 Å². The Hall–Kier alpha value is -0.690. The summed E-state index contributed by atoms with van der Waals surface area (Å²) in [6, 6.07) is 0. The summed E-state index contributed by atoms with van der Waals surface area (Å²) in [6.45, 7) is 0. The Morgan fingerprint density at radius 1 is 1.70 bits per heavy atom. The average Bonchev–Trinajstić information content (AvgIpc) is 2.47. The summed E-state index contributed by atoms with van der Waals surface area (Å²) in [5.41, 5.74) is -0.435. The first kappa shape index (κ1) is 7.42. The highest BCUT2D eigenvalue weighted by Crippen LogP contribution is 2.34. The molecule has 0 aromatic carbocycles. The van der Waals surface area contributed by atoms with Crippen LogP contribution in [0.1, 0.15) is 12.8 Å². The van der Waals surface area contributed by atoms with Crippen LogP contribution in [0.15, 0.2) is 0 Å². The molecule has 0 unspecified atom stereocenters. The molecule has 1 saturated carbocycles. The summed E-state index contributed by atoms with van der Waals surface area (Å²) in [6.07, 6.45) is 0.628. The Balaban J connectivity index is 2.50. The number of hydrogen-bond donors (Lipinski definition) is 2. The molecule has 0 aromatic rings. The SMILES string of the molecule is O=C(O)NC1(C#CBr)CC1. The highest BCUT2D eigenvalue weighted by molar-refractivity contribution is 9.12. The number of hydrogen-bond acceptors (Lipinski definition) is 1. The van der Waals surface area contributed by atoms with E-state index in [1.165, 1.54) is 0 Å². The van der Waals surface area contributed by atoms with Gasteiger partial charge in [0.15, 0.2) is 0 Å². The molecule has 4 heteroatoms. The normalized spacial score (nSPS) is 18.5. The van der Waals surface area contributed by atoms with Crippen molar-refractivity contribution in [2.45, 2.75) is 18.4 Å². The fourth-order valence-electron chi connectivity index (χ4n) is 0.701. The first-order valence-electron chi connectivity index (χ1n) is 2.82. The van der Waals surface area contributed by atoms with Gasteiger partial charge in [-0.2, -0.15) is 0 Å². The van der Waals surface area contributed by atoms with Crippen molar-refractivity contribution in [1.29, 1.82) is 0 Å². The zero-order chi connectivity index (χ0) is 7.61. The van der Waals surface area contributed by atoms with Crippen molar-refractivity contribution in [3.05, 3.63) is 0 Å². The molecule has 54 valence electrons. The lowest BCUT2D eigenvalue weighted by molar-refractivity contribution is 0.191. The van der Waals surface area contributed by atoms with Gasteiger partial charge in [0.2, 0.25) is 0 Å². The van der Waals surface area contributed by atoms with Gasteiger partial charge in [-0.25, -0.2) is 4.79 Å². The highest BCUT2D eigenvalue weighted by atomic mass is 79.9. The maximum atomic E-state index is 10.1. The van der Waals surface area contributed by atoms with Crippen molar-refractivity contribution in [3.8, 4) is 10.8 Å². The molecule has 10 heavy (non-hydrogen) atoms. The molecule has 1 aliphatic rings.